The molecule has 2 unspecified atom stereocenters. The molecule has 0 heterocycles. The van der Waals surface area contributed by atoms with Crippen LogP contribution in [0.3, 0.4) is 0 Å². The largest absolute Gasteiger partial charge is 0.472 e. The lowest BCUT2D eigenvalue weighted by Gasteiger charge is -2.24. The van der Waals surface area contributed by atoms with Gasteiger partial charge in [0.05, 0.1) is 27.7 Å². The molecule has 0 aromatic heterocycles. The van der Waals surface area contributed by atoms with Crippen LogP contribution in [-0.4, -0.2) is 74.9 Å². The Morgan fingerprint density at radius 3 is 1.16 bits per heavy atom. The van der Waals surface area contributed by atoms with Gasteiger partial charge in [-0.1, -0.05) is 253 Å². The molecular weight excluding hydrogens is 930 g/mol. The Morgan fingerprint density at radius 2 is 0.781 bits per heavy atom. The molecule has 0 aliphatic heterocycles. The molecule has 1 N–H and O–H groups in total. The second-order valence-corrected chi connectivity index (χ2v) is 22.5. The highest BCUT2D eigenvalue weighted by Gasteiger charge is 2.27. The van der Waals surface area contributed by atoms with E-state index in [-0.39, 0.29) is 32.0 Å². The van der Waals surface area contributed by atoms with Gasteiger partial charge in [0.25, 0.3) is 0 Å². The van der Waals surface area contributed by atoms with Crippen molar-refractivity contribution >= 4 is 19.8 Å². The fraction of sp³-hybridized carbons (Fsp3) is 0.746. The van der Waals surface area contributed by atoms with Crippen LogP contribution in [-0.2, 0) is 32.7 Å². The number of allylic oxidation sites excluding steroid dienone is 14. The number of esters is 2. The van der Waals surface area contributed by atoms with Crippen molar-refractivity contribution in [2.24, 2.45) is 0 Å². The zero-order valence-electron chi connectivity index (χ0n) is 47.9. The van der Waals surface area contributed by atoms with E-state index in [1.54, 1.807) is 0 Å². The van der Waals surface area contributed by atoms with Crippen LogP contribution < -0.4 is 0 Å². The van der Waals surface area contributed by atoms with Crippen LogP contribution in [0.5, 0.6) is 0 Å². The standard InChI is InChI=1S/C63H112NO8P/c1-6-8-10-12-14-16-18-20-22-24-25-26-27-28-29-30-31-32-33-34-35-36-37-38-39-40-42-44-46-48-50-52-54-56-63(66)72-61(60-71-73(67,68)70-58-57-64(3,4)5)59-69-62(65)55-53-51-49-47-45-43-41-23-21-19-17-15-13-11-9-7-2/h8,10,14,16,20,22,25-26,28-29,31-32,34-35,61H,6-7,9,11-13,15,17-19,21,23-24,27,30,33,36-60H2,1-5H3/p+1/b10-8-,16-14-,22-20-,26-25-,29-28-,32-31-,35-34-. The molecule has 0 spiro atoms. The van der Waals surface area contributed by atoms with Crippen molar-refractivity contribution in [2.75, 3.05) is 47.5 Å². The normalized spacial score (nSPS) is 13.9. The minimum atomic E-state index is -4.39. The van der Waals surface area contributed by atoms with E-state index in [1.807, 2.05) is 21.1 Å². The van der Waals surface area contributed by atoms with Crippen LogP contribution in [0, 0.1) is 0 Å². The molecule has 0 aromatic rings. The Kier molecular flexibility index (Phi) is 51.9. The zero-order chi connectivity index (χ0) is 53.5. The number of quaternary nitrogens is 1. The van der Waals surface area contributed by atoms with E-state index in [4.69, 9.17) is 18.5 Å². The summed E-state index contributed by atoms with van der Waals surface area (Å²) in [6.45, 7) is 4.33. The van der Waals surface area contributed by atoms with Gasteiger partial charge in [0.1, 0.15) is 19.8 Å². The number of phosphoric ester groups is 1. The van der Waals surface area contributed by atoms with Crippen molar-refractivity contribution in [3.63, 3.8) is 0 Å². The van der Waals surface area contributed by atoms with E-state index >= 15 is 0 Å². The number of hydrogen-bond acceptors (Lipinski definition) is 7. The van der Waals surface area contributed by atoms with Crippen molar-refractivity contribution in [2.45, 2.75) is 258 Å². The van der Waals surface area contributed by atoms with Gasteiger partial charge in [0, 0.05) is 12.8 Å². The van der Waals surface area contributed by atoms with Gasteiger partial charge in [-0.2, -0.15) is 0 Å². The van der Waals surface area contributed by atoms with E-state index in [9.17, 15) is 19.0 Å². The first kappa shape index (κ1) is 70.2. The molecule has 0 fully saturated rings. The van der Waals surface area contributed by atoms with E-state index in [1.165, 1.54) is 128 Å². The summed E-state index contributed by atoms with van der Waals surface area (Å²) >= 11 is 0. The summed E-state index contributed by atoms with van der Waals surface area (Å²) in [4.78, 5) is 35.7. The van der Waals surface area contributed by atoms with Gasteiger partial charge in [-0.15, -0.1) is 0 Å². The maximum absolute atomic E-state index is 12.8. The summed E-state index contributed by atoms with van der Waals surface area (Å²) < 4.78 is 34.6. The number of nitrogens with zero attached hydrogens (tertiary/aromatic N) is 1. The molecule has 0 amide bonds. The lowest BCUT2D eigenvalue weighted by Crippen LogP contribution is -2.37. The molecule has 0 aliphatic carbocycles. The zero-order valence-corrected chi connectivity index (χ0v) is 48.7. The number of hydrogen-bond donors (Lipinski definition) is 1. The predicted octanol–water partition coefficient (Wildman–Crippen LogP) is 18.6. The quantitative estimate of drug-likeness (QED) is 0.0211. The second kappa shape index (κ2) is 54.0. The minimum absolute atomic E-state index is 0.0295. The van der Waals surface area contributed by atoms with Crippen LogP contribution in [0.25, 0.3) is 0 Å². The summed E-state index contributed by atoms with van der Waals surface area (Å²) in [5, 5.41) is 0. The maximum atomic E-state index is 12.8. The van der Waals surface area contributed by atoms with Crippen molar-refractivity contribution in [1.82, 2.24) is 0 Å². The number of unbranched alkanes of at least 4 members (excludes halogenated alkanes) is 26. The van der Waals surface area contributed by atoms with Gasteiger partial charge in [0.15, 0.2) is 6.10 Å². The number of rotatable bonds is 54. The first-order valence-electron chi connectivity index (χ1n) is 29.8. The third-order valence-electron chi connectivity index (χ3n) is 12.7. The van der Waals surface area contributed by atoms with Crippen molar-refractivity contribution in [1.29, 1.82) is 0 Å². The van der Waals surface area contributed by atoms with Gasteiger partial charge in [-0.25, -0.2) is 4.57 Å². The third-order valence-corrected chi connectivity index (χ3v) is 13.7. The molecule has 0 bridgehead atoms. The minimum Gasteiger partial charge on any atom is -0.462 e. The van der Waals surface area contributed by atoms with Crippen LogP contribution >= 0.6 is 7.82 Å². The van der Waals surface area contributed by atoms with Crippen LogP contribution in [0.4, 0.5) is 0 Å². The maximum Gasteiger partial charge on any atom is 0.472 e. The van der Waals surface area contributed by atoms with Crippen LogP contribution in [0.2, 0.25) is 0 Å². The Balaban J connectivity index is 4.12. The summed E-state index contributed by atoms with van der Waals surface area (Å²) in [6.07, 6.45) is 72.2. The highest BCUT2D eigenvalue weighted by atomic mass is 31.2. The van der Waals surface area contributed by atoms with Gasteiger partial charge >= 0.3 is 19.8 Å². The molecule has 73 heavy (non-hydrogen) atoms. The number of phosphoric acid groups is 1. The smallest absolute Gasteiger partial charge is 0.462 e. The monoisotopic (exact) mass is 1040 g/mol. The Bertz CT molecular complexity index is 1510. The predicted molar refractivity (Wildman–Crippen MR) is 312 cm³/mol. The van der Waals surface area contributed by atoms with E-state index in [0.717, 1.165) is 89.9 Å². The lowest BCUT2D eigenvalue weighted by atomic mass is 10.0. The van der Waals surface area contributed by atoms with Gasteiger partial charge in [-0.3, -0.25) is 18.6 Å². The SMILES string of the molecule is CC/C=C\C/C=C\C/C=C\C/C=C\C/C=C\C/C=C\C/C=C\CCCCCCCCCCCCCC(=O)OC(COC(=O)CCCCCCCCCCCCCCCCCC)COP(=O)(O)OCC[N+](C)(C)C. The average molecular weight is 1040 g/mol. The molecular formula is C63H113NO8P+. The van der Waals surface area contributed by atoms with Crippen molar-refractivity contribution in [3.8, 4) is 0 Å². The first-order valence-corrected chi connectivity index (χ1v) is 31.3. The molecule has 2 atom stereocenters. The summed E-state index contributed by atoms with van der Waals surface area (Å²) in [5.41, 5.74) is 0. The van der Waals surface area contributed by atoms with E-state index in [2.05, 4.69) is 98.9 Å². The number of carbonyl (C=O) groups is 2. The summed E-state index contributed by atoms with van der Waals surface area (Å²) in [5.74, 6) is -0.796. The van der Waals surface area contributed by atoms with Gasteiger partial charge in [0.2, 0.25) is 0 Å². The fourth-order valence-electron chi connectivity index (χ4n) is 8.11. The molecule has 422 valence electrons. The number of likely N-dealkylation sites (N-methyl/N-ethyl adjacent to an activating group) is 1. The number of ether oxygens (including phenoxy) is 2. The average Bonchev–Trinajstić information content (AvgIpc) is 3.35. The second-order valence-electron chi connectivity index (χ2n) is 21.0. The summed E-state index contributed by atoms with van der Waals surface area (Å²) in [6, 6.07) is 0. The molecule has 0 aromatic carbocycles. The molecule has 0 saturated carbocycles. The summed E-state index contributed by atoms with van der Waals surface area (Å²) in [7, 11) is 1.47. The molecule has 0 saturated heterocycles. The van der Waals surface area contributed by atoms with Crippen molar-refractivity contribution in [3.05, 3.63) is 85.1 Å². The van der Waals surface area contributed by atoms with Crippen LogP contribution in [0.1, 0.15) is 251 Å². The lowest BCUT2D eigenvalue weighted by molar-refractivity contribution is -0.870. The topological polar surface area (TPSA) is 108 Å². The van der Waals surface area contributed by atoms with Gasteiger partial charge < -0.3 is 18.9 Å². The Morgan fingerprint density at radius 1 is 0.438 bits per heavy atom. The molecule has 0 rings (SSSR count). The van der Waals surface area contributed by atoms with Gasteiger partial charge in [-0.05, 0) is 70.6 Å². The Hall–Kier alpha value is -2.81. The molecule has 0 aliphatic rings. The van der Waals surface area contributed by atoms with E-state index in [0.29, 0.717) is 17.4 Å². The molecule has 9 nitrogen and oxygen atoms in total. The van der Waals surface area contributed by atoms with E-state index < -0.39 is 26.5 Å². The molecule has 10 heteroatoms. The Labute approximate surface area is 450 Å². The van der Waals surface area contributed by atoms with Crippen LogP contribution in [0.15, 0.2) is 85.1 Å². The highest BCUT2D eigenvalue weighted by Crippen LogP contribution is 2.43. The highest BCUT2D eigenvalue weighted by molar-refractivity contribution is 7.47. The molecule has 0 radical (unpaired) electrons. The third kappa shape index (κ3) is 58.3. The van der Waals surface area contributed by atoms with Crippen molar-refractivity contribution < 1.29 is 42.1 Å². The first-order chi connectivity index (χ1) is 35.5. The fourth-order valence-corrected chi connectivity index (χ4v) is 8.86. The number of carbonyl (C=O) groups excluding carboxylic acids is 2.